The average Bonchev–Trinajstić information content (AvgIpc) is 3.42. The quantitative estimate of drug-likeness (QED) is 0.745. The summed E-state index contributed by atoms with van der Waals surface area (Å²) in [4.78, 5) is 7.25. The van der Waals surface area contributed by atoms with Crippen LogP contribution in [-0.2, 0) is 6.61 Å². The van der Waals surface area contributed by atoms with Gasteiger partial charge in [0.1, 0.15) is 12.4 Å². The molecular formula is C23H25N5O. The lowest BCUT2D eigenvalue weighted by molar-refractivity contribution is 0.289. The van der Waals surface area contributed by atoms with Crippen molar-refractivity contribution in [2.75, 3.05) is 11.9 Å². The van der Waals surface area contributed by atoms with Crippen molar-refractivity contribution >= 4 is 5.82 Å². The van der Waals surface area contributed by atoms with Gasteiger partial charge in [-0.2, -0.15) is 10.1 Å². The maximum atomic E-state index is 6.08. The number of ether oxygens (including phenoxy) is 1. The van der Waals surface area contributed by atoms with Gasteiger partial charge in [0.05, 0.1) is 5.69 Å². The van der Waals surface area contributed by atoms with E-state index in [-0.39, 0.29) is 0 Å². The second-order valence-electron chi connectivity index (χ2n) is 8.48. The predicted molar refractivity (Wildman–Crippen MR) is 112 cm³/mol. The number of benzene rings is 1. The van der Waals surface area contributed by atoms with E-state index in [0.29, 0.717) is 24.7 Å². The third-order valence-corrected chi connectivity index (χ3v) is 6.72. The maximum Gasteiger partial charge on any atom is 0.223 e. The molecule has 0 radical (unpaired) electrons. The fourth-order valence-corrected chi connectivity index (χ4v) is 5.15. The van der Waals surface area contributed by atoms with E-state index in [1.807, 2.05) is 16.9 Å². The normalized spacial score (nSPS) is 24.5. The molecule has 0 unspecified atom stereocenters. The monoisotopic (exact) mass is 387 g/mol. The van der Waals surface area contributed by atoms with Crippen LogP contribution in [0.2, 0.25) is 0 Å². The summed E-state index contributed by atoms with van der Waals surface area (Å²) in [6.07, 6.45) is 8.77. The van der Waals surface area contributed by atoms with Crippen LogP contribution in [0.25, 0.3) is 16.8 Å². The molecule has 1 N–H and O–H groups in total. The number of nitrogens with zero attached hydrogens (tertiary/aromatic N) is 4. The van der Waals surface area contributed by atoms with E-state index < -0.39 is 0 Å². The highest BCUT2D eigenvalue weighted by molar-refractivity contribution is 5.75. The molecule has 3 aliphatic heterocycles. The third-order valence-electron chi connectivity index (χ3n) is 6.72. The Morgan fingerprint density at radius 1 is 1.10 bits per heavy atom. The van der Waals surface area contributed by atoms with Gasteiger partial charge in [-0.1, -0.05) is 6.07 Å². The minimum Gasteiger partial charge on any atom is -0.472 e. The molecule has 5 heterocycles. The molecule has 2 bridgehead atoms. The van der Waals surface area contributed by atoms with Gasteiger partial charge in [0.25, 0.3) is 0 Å². The molecule has 29 heavy (non-hydrogen) atoms. The Kier molecular flexibility index (Phi) is 3.87. The van der Waals surface area contributed by atoms with Crippen molar-refractivity contribution in [3.8, 4) is 22.7 Å². The maximum absolute atomic E-state index is 6.08. The molecule has 0 spiro atoms. The van der Waals surface area contributed by atoms with E-state index in [0.717, 1.165) is 22.9 Å². The zero-order valence-electron chi connectivity index (χ0n) is 16.6. The lowest BCUT2D eigenvalue weighted by Crippen LogP contribution is -2.47. The van der Waals surface area contributed by atoms with Gasteiger partial charge in [-0.3, -0.25) is 0 Å². The zero-order chi connectivity index (χ0) is 19.4. The number of rotatable bonds is 3. The van der Waals surface area contributed by atoms with Gasteiger partial charge in [0, 0.05) is 43.1 Å². The summed E-state index contributed by atoms with van der Waals surface area (Å²) in [5.41, 5.74) is 4.48. The first-order valence-corrected chi connectivity index (χ1v) is 10.5. The van der Waals surface area contributed by atoms with Crippen LogP contribution in [0.3, 0.4) is 0 Å². The number of anilines is 1. The minimum atomic E-state index is 0.537. The van der Waals surface area contributed by atoms with Crippen LogP contribution in [0.4, 0.5) is 5.82 Å². The molecule has 2 aromatic heterocycles. The first-order chi connectivity index (χ1) is 14.2. The van der Waals surface area contributed by atoms with Gasteiger partial charge < -0.3 is 15.0 Å². The standard InChI is InChI=1S/C23H25N5O/c1-27(19-12-16-3-4-17(13-19)25-16)22-8-7-21-20-6-5-18(28-10-2-9-24-28)11-15(20)14-29-23(21)26-22/h2,5-11,16-17,19,25H,3-4,12-14H2,1H3/t16-,17+,19-. The molecule has 2 saturated heterocycles. The summed E-state index contributed by atoms with van der Waals surface area (Å²) < 4.78 is 7.95. The summed E-state index contributed by atoms with van der Waals surface area (Å²) in [5, 5.41) is 8.05. The van der Waals surface area contributed by atoms with Gasteiger partial charge in [-0.25, -0.2) is 4.68 Å². The topological polar surface area (TPSA) is 55.2 Å². The summed E-state index contributed by atoms with van der Waals surface area (Å²) in [7, 11) is 2.18. The van der Waals surface area contributed by atoms with Gasteiger partial charge in [0.2, 0.25) is 5.88 Å². The van der Waals surface area contributed by atoms with E-state index in [2.05, 4.69) is 52.7 Å². The van der Waals surface area contributed by atoms with Crippen LogP contribution in [-0.4, -0.2) is 39.9 Å². The lowest BCUT2D eigenvalue weighted by Gasteiger charge is -2.36. The van der Waals surface area contributed by atoms with Gasteiger partial charge in [-0.15, -0.1) is 0 Å². The van der Waals surface area contributed by atoms with Crippen LogP contribution >= 0.6 is 0 Å². The van der Waals surface area contributed by atoms with Crippen molar-refractivity contribution in [1.82, 2.24) is 20.1 Å². The van der Waals surface area contributed by atoms with E-state index in [1.165, 1.54) is 36.8 Å². The highest BCUT2D eigenvalue weighted by Crippen LogP contribution is 2.39. The van der Waals surface area contributed by atoms with E-state index >= 15 is 0 Å². The van der Waals surface area contributed by atoms with Crippen molar-refractivity contribution in [2.45, 2.75) is 50.4 Å². The molecule has 6 heteroatoms. The van der Waals surface area contributed by atoms with Crippen LogP contribution in [0.5, 0.6) is 5.88 Å². The molecule has 148 valence electrons. The number of hydrogen-bond acceptors (Lipinski definition) is 5. The predicted octanol–water partition coefficient (Wildman–Crippen LogP) is 3.55. The Balaban J connectivity index is 1.29. The minimum absolute atomic E-state index is 0.537. The van der Waals surface area contributed by atoms with Crippen molar-refractivity contribution in [3.63, 3.8) is 0 Å². The molecule has 0 aliphatic carbocycles. The molecule has 3 aromatic rings. The number of hydrogen-bond donors (Lipinski definition) is 1. The molecule has 3 atom stereocenters. The summed E-state index contributed by atoms with van der Waals surface area (Å²) in [6, 6.07) is 14.5. The third kappa shape index (κ3) is 2.90. The largest absolute Gasteiger partial charge is 0.472 e. The van der Waals surface area contributed by atoms with Crippen molar-refractivity contribution in [3.05, 3.63) is 54.4 Å². The zero-order valence-corrected chi connectivity index (χ0v) is 16.6. The molecule has 0 amide bonds. The van der Waals surface area contributed by atoms with E-state index in [9.17, 15) is 0 Å². The van der Waals surface area contributed by atoms with Crippen LogP contribution in [0, 0.1) is 0 Å². The summed E-state index contributed by atoms with van der Waals surface area (Å²) >= 11 is 0. The van der Waals surface area contributed by atoms with Gasteiger partial charge >= 0.3 is 0 Å². The highest BCUT2D eigenvalue weighted by Gasteiger charge is 2.35. The number of piperidine rings is 1. The lowest BCUT2D eigenvalue weighted by atomic mass is 9.97. The molecule has 3 aliphatic rings. The van der Waals surface area contributed by atoms with Crippen LogP contribution in [0.15, 0.2) is 48.8 Å². The molecule has 6 rings (SSSR count). The van der Waals surface area contributed by atoms with Gasteiger partial charge in [0.15, 0.2) is 0 Å². The molecule has 0 saturated carbocycles. The van der Waals surface area contributed by atoms with Crippen molar-refractivity contribution in [2.24, 2.45) is 0 Å². The second kappa shape index (κ2) is 6.59. The number of pyridine rings is 1. The Labute approximate surface area is 170 Å². The molecular weight excluding hydrogens is 362 g/mol. The van der Waals surface area contributed by atoms with Crippen molar-refractivity contribution < 1.29 is 4.74 Å². The van der Waals surface area contributed by atoms with E-state index in [1.54, 1.807) is 6.20 Å². The highest BCUT2D eigenvalue weighted by atomic mass is 16.5. The fraction of sp³-hybridized carbons (Fsp3) is 0.391. The second-order valence-corrected chi connectivity index (χ2v) is 8.48. The number of nitrogens with one attached hydrogen (secondary N) is 1. The molecule has 2 fully saturated rings. The summed E-state index contributed by atoms with van der Waals surface area (Å²) in [6.45, 7) is 0.537. The smallest absolute Gasteiger partial charge is 0.223 e. The Bertz CT molecular complexity index is 1040. The van der Waals surface area contributed by atoms with Crippen LogP contribution < -0.4 is 15.0 Å². The van der Waals surface area contributed by atoms with E-state index in [4.69, 9.17) is 9.72 Å². The Morgan fingerprint density at radius 2 is 1.93 bits per heavy atom. The van der Waals surface area contributed by atoms with Gasteiger partial charge in [-0.05, 0) is 67.1 Å². The molecule has 6 nitrogen and oxygen atoms in total. The van der Waals surface area contributed by atoms with Crippen LogP contribution in [0.1, 0.15) is 31.2 Å². The summed E-state index contributed by atoms with van der Waals surface area (Å²) in [5.74, 6) is 1.75. The average molecular weight is 387 g/mol. The first-order valence-electron chi connectivity index (χ1n) is 10.5. The SMILES string of the molecule is CN(c1ccc2c(n1)OCc1cc(-n3cccn3)ccc1-2)[C@@H]1C[C@H]2CC[C@@H](C1)N2. The Morgan fingerprint density at radius 3 is 2.72 bits per heavy atom. The van der Waals surface area contributed by atoms with Crippen molar-refractivity contribution in [1.29, 1.82) is 0 Å². The first kappa shape index (κ1) is 17.0. The number of aromatic nitrogens is 3. The fourth-order valence-electron chi connectivity index (χ4n) is 5.15. The molecule has 1 aromatic carbocycles. The Hall–Kier alpha value is -2.86. The number of fused-ring (bicyclic) bond motifs is 5.